The lowest BCUT2D eigenvalue weighted by Crippen LogP contribution is -2.54. The van der Waals surface area contributed by atoms with Gasteiger partial charge in [0.25, 0.3) is 17.7 Å². The summed E-state index contributed by atoms with van der Waals surface area (Å²) in [5, 5.41) is 5.84. The molecule has 36 heavy (non-hydrogen) atoms. The quantitative estimate of drug-likeness (QED) is 0.203. The predicted molar refractivity (Wildman–Crippen MR) is 150 cm³/mol. The molecule has 2 N–H and O–H groups in total. The summed E-state index contributed by atoms with van der Waals surface area (Å²) in [6.45, 7) is -0.245. The van der Waals surface area contributed by atoms with Crippen LogP contribution in [0.5, 0.6) is 5.75 Å². The molecule has 1 fully saturated rings. The third-order valence-electron chi connectivity index (χ3n) is 4.92. The van der Waals surface area contributed by atoms with Gasteiger partial charge in [-0.15, -0.1) is 0 Å². The topological polar surface area (TPSA) is 87.7 Å². The summed E-state index contributed by atoms with van der Waals surface area (Å²) >= 11 is 17.9. The van der Waals surface area contributed by atoms with Gasteiger partial charge in [-0.1, -0.05) is 29.8 Å². The Hall–Kier alpha value is -3.05. The normalized spacial score (nSPS) is 14.6. The number of rotatable bonds is 6. The Bertz CT molecular complexity index is 1380. The SMILES string of the molecule is O=C(COc1c(Br)cc(/C=C2/C(=O)NC(=S)N(c3ccccc3)C2=O)cc1Br)Nc1ccc(Cl)cc1. The fraction of sp³-hybridized carbons (Fsp3) is 0.0400. The Morgan fingerprint density at radius 1 is 1.06 bits per heavy atom. The van der Waals surface area contributed by atoms with Crippen LogP contribution in [0.25, 0.3) is 6.08 Å². The molecular formula is C25H16Br2ClN3O4S. The number of carbonyl (C=O) groups excluding carboxylic acids is 3. The van der Waals surface area contributed by atoms with E-state index in [0.717, 1.165) is 0 Å². The van der Waals surface area contributed by atoms with E-state index in [-0.39, 0.29) is 23.2 Å². The number of nitrogens with zero attached hydrogens (tertiary/aromatic N) is 1. The molecule has 182 valence electrons. The summed E-state index contributed by atoms with van der Waals surface area (Å²) in [4.78, 5) is 39.2. The molecule has 1 aliphatic rings. The highest BCUT2D eigenvalue weighted by Crippen LogP contribution is 2.36. The third-order valence-corrected chi connectivity index (χ3v) is 6.64. The first-order valence-corrected chi connectivity index (χ1v) is 12.7. The van der Waals surface area contributed by atoms with Gasteiger partial charge in [-0.25, -0.2) is 0 Å². The van der Waals surface area contributed by atoms with Gasteiger partial charge in [0.2, 0.25) is 0 Å². The summed E-state index contributed by atoms with van der Waals surface area (Å²) in [6.07, 6.45) is 1.46. The number of nitrogens with one attached hydrogen (secondary N) is 2. The Balaban J connectivity index is 1.51. The second kappa shape index (κ2) is 11.3. The molecule has 0 radical (unpaired) electrons. The molecule has 0 bridgehead atoms. The summed E-state index contributed by atoms with van der Waals surface area (Å²) in [6, 6.07) is 18.9. The summed E-state index contributed by atoms with van der Waals surface area (Å²) < 4.78 is 6.71. The lowest BCUT2D eigenvalue weighted by atomic mass is 10.1. The van der Waals surface area contributed by atoms with Crippen molar-refractivity contribution in [2.75, 3.05) is 16.8 Å². The maximum absolute atomic E-state index is 13.1. The van der Waals surface area contributed by atoms with Gasteiger partial charge in [-0.2, -0.15) is 0 Å². The molecule has 4 rings (SSSR count). The first-order chi connectivity index (χ1) is 17.2. The molecule has 3 amide bonds. The van der Waals surface area contributed by atoms with Crippen molar-refractivity contribution < 1.29 is 19.1 Å². The van der Waals surface area contributed by atoms with Crippen molar-refractivity contribution in [3.63, 3.8) is 0 Å². The van der Waals surface area contributed by atoms with E-state index in [2.05, 4.69) is 42.5 Å². The van der Waals surface area contributed by atoms with E-state index in [1.54, 1.807) is 60.7 Å². The Kier molecular flexibility index (Phi) is 8.20. The van der Waals surface area contributed by atoms with E-state index < -0.39 is 11.8 Å². The first kappa shape index (κ1) is 26.0. The second-order valence-corrected chi connectivity index (χ2v) is 9.98. The smallest absolute Gasteiger partial charge is 0.270 e. The summed E-state index contributed by atoms with van der Waals surface area (Å²) in [7, 11) is 0. The second-order valence-electron chi connectivity index (χ2n) is 7.45. The Morgan fingerprint density at radius 3 is 2.33 bits per heavy atom. The standard InChI is InChI=1S/C25H16Br2ClN3O4S/c26-19-11-14(10-18-23(33)30-25(36)31(24(18)34)17-4-2-1-3-5-17)12-20(27)22(19)35-13-21(32)29-16-8-6-15(28)7-9-16/h1-12H,13H2,(H,29,32)(H,30,33,36)/b18-10-. The van der Waals surface area contributed by atoms with Crippen molar-refractivity contribution in [2.24, 2.45) is 0 Å². The average Bonchev–Trinajstić information content (AvgIpc) is 2.83. The number of ether oxygens (including phenoxy) is 1. The van der Waals surface area contributed by atoms with E-state index in [9.17, 15) is 14.4 Å². The number of hydrogen-bond acceptors (Lipinski definition) is 5. The highest BCUT2D eigenvalue weighted by molar-refractivity contribution is 9.11. The molecule has 0 saturated carbocycles. The number of halogens is 3. The minimum absolute atomic E-state index is 0.0105. The van der Waals surface area contributed by atoms with Crippen LogP contribution in [0.1, 0.15) is 5.56 Å². The number of thiocarbonyl (C=S) groups is 1. The number of anilines is 2. The van der Waals surface area contributed by atoms with Crippen molar-refractivity contribution in [3.8, 4) is 5.75 Å². The molecule has 0 aromatic heterocycles. The fourth-order valence-corrected chi connectivity index (χ4v) is 5.16. The zero-order valence-electron chi connectivity index (χ0n) is 18.3. The van der Waals surface area contributed by atoms with E-state index in [4.69, 9.17) is 28.6 Å². The van der Waals surface area contributed by atoms with Crippen LogP contribution < -0.4 is 20.3 Å². The molecule has 0 spiro atoms. The molecule has 11 heteroatoms. The lowest BCUT2D eigenvalue weighted by molar-refractivity contribution is -0.122. The number of hydrogen-bond donors (Lipinski definition) is 2. The largest absolute Gasteiger partial charge is 0.481 e. The molecule has 7 nitrogen and oxygen atoms in total. The molecular weight excluding hydrogens is 634 g/mol. The number of amides is 3. The van der Waals surface area contributed by atoms with E-state index >= 15 is 0 Å². The third kappa shape index (κ3) is 6.01. The van der Waals surface area contributed by atoms with Crippen molar-refractivity contribution in [2.45, 2.75) is 0 Å². The molecule has 1 heterocycles. The van der Waals surface area contributed by atoms with Crippen LogP contribution >= 0.6 is 55.7 Å². The average molecular weight is 650 g/mol. The Labute approximate surface area is 233 Å². The minimum Gasteiger partial charge on any atom is -0.481 e. The first-order valence-electron chi connectivity index (χ1n) is 10.4. The molecule has 1 saturated heterocycles. The van der Waals surface area contributed by atoms with Crippen LogP contribution in [0.3, 0.4) is 0 Å². The fourth-order valence-electron chi connectivity index (χ4n) is 3.30. The van der Waals surface area contributed by atoms with Crippen molar-refractivity contribution in [1.82, 2.24) is 5.32 Å². The lowest BCUT2D eigenvalue weighted by Gasteiger charge is -2.28. The van der Waals surface area contributed by atoms with Crippen molar-refractivity contribution in [3.05, 3.63) is 91.8 Å². The zero-order valence-corrected chi connectivity index (χ0v) is 23.0. The highest BCUT2D eigenvalue weighted by atomic mass is 79.9. The van der Waals surface area contributed by atoms with Crippen molar-refractivity contribution in [1.29, 1.82) is 0 Å². The van der Waals surface area contributed by atoms with Crippen LogP contribution in [0.4, 0.5) is 11.4 Å². The maximum Gasteiger partial charge on any atom is 0.270 e. The number of carbonyl (C=O) groups is 3. The van der Waals surface area contributed by atoms with Crippen LogP contribution in [-0.4, -0.2) is 29.4 Å². The molecule has 3 aromatic carbocycles. The molecule has 0 unspecified atom stereocenters. The zero-order chi connectivity index (χ0) is 25.8. The van der Waals surface area contributed by atoms with Gasteiger partial charge >= 0.3 is 0 Å². The number of para-hydroxylation sites is 1. The van der Waals surface area contributed by atoms with E-state index in [1.807, 2.05) is 6.07 Å². The Morgan fingerprint density at radius 2 is 1.69 bits per heavy atom. The molecule has 3 aromatic rings. The van der Waals surface area contributed by atoms with Crippen molar-refractivity contribution >= 4 is 96.0 Å². The molecule has 0 aliphatic carbocycles. The van der Waals surface area contributed by atoms with E-state index in [1.165, 1.54) is 11.0 Å². The van der Waals surface area contributed by atoms with Gasteiger partial charge in [0.1, 0.15) is 11.3 Å². The van der Waals surface area contributed by atoms with Gasteiger partial charge in [-0.3, -0.25) is 24.6 Å². The number of benzene rings is 3. The van der Waals surface area contributed by atoms with Gasteiger partial charge in [0, 0.05) is 10.7 Å². The van der Waals surface area contributed by atoms with Crippen LogP contribution in [-0.2, 0) is 14.4 Å². The minimum atomic E-state index is -0.594. The van der Waals surface area contributed by atoms with Crippen LogP contribution in [0, 0.1) is 0 Å². The van der Waals surface area contributed by atoms with Gasteiger partial charge < -0.3 is 10.1 Å². The van der Waals surface area contributed by atoms with Gasteiger partial charge in [-0.05, 0) is 104 Å². The van der Waals surface area contributed by atoms with Gasteiger partial charge in [0.05, 0.1) is 14.6 Å². The monoisotopic (exact) mass is 647 g/mol. The highest BCUT2D eigenvalue weighted by Gasteiger charge is 2.34. The summed E-state index contributed by atoms with van der Waals surface area (Å²) in [5.74, 6) is -1.11. The van der Waals surface area contributed by atoms with Crippen LogP contribution in [0.2, 0.25) is 5.02 Å². The van der Waals surface area contributed by atoms with E-state index in [0.29, 0.717) is 36.7 Å². The molecule has 0 atom stereocenters. The predicted octanol–water partition coefficient (Wildman–Crippen LogP) is 5.71. The van der Waals surface area contributed by atoms with Gasteiger partial charge in [0.15, 0.2) is 11.7 Å². The summed E-state index contributed by atoms with van der Waals surface area (Å²) in [5.41, 5.74) is 1.60. The van der Waals surface area contributed by atoms with Crippen LogP contribution in [0.15, 0.2) is 81.2 Å². The molecule has 1 aliphatic heterocycles. The maximum atomic E-state index is 13.1.